The third kappa shape index (κ3) is 4.50. The normalized spacial score (nSPS) is 14.0. The summed E-state index contributed by atoms with van der Waals surface area (Å²) in [5, 5.41) is 0. The van der Waals surface area contributed by atoms with E-state index in [2.05, 4.69) is 22.9 Å². The molecule has 0 atom stereocenters. The van der Waals surface area contributed by atoms with E-state index in [4.69, 9.17) is 14.5 Å². The molecule has 1 N–H and O–H groups in total. The smallest absolute Gasteiger partial charge is 0.254 e. The molecular weight excluding hydrogens is 342 g/mol. The molecule has 1 aromatic heterocycles. The number of hydrogen-bond acceptors (Lipinski definition) is 5. The van der Waals surface area contributed by atoms with E-state index in [9.17, 15) is 4.79 Å². The minimum absolute atomic E-state index is 0.0245. The lowest BCUT2D eigenvalue weighted by Crippen LogP contribution is -2.35. The van der Waals surface area contributed by atoms with E-state index < -0.39 is 0 Å². The van der Waals surface area contributed by atoms with Crippen LogP contribution in [-0.2, 0) is 25.9 Å². The van der Waals surface area contributed by atoms with Crippen LogP contribution in [0.15, 0.2) is 23.0 Å². The van der Waals surface area contributed by atoms with Crippen LogP contribution < -0.4 is 15.0 Å². The average Bonchev–Trinajstić information content (AvgIpc) is 2.64. The van der Waals surface area contributed by atoms with Gasteiger partial charge in [0.1, 0.15) is 5.82 Å². The van der Waals surface area contributed by atoms with Gasteiger partial charge in [-0.05, 0) is 32.8 Å². The Kier molecular flexibility index (Phi) is 6.50. The lowest BCUT2D eigenvalue weighted by atomic mass is 10.0. The molecule has 0 radical (unpaired) electrons. The Labute approximate surface area is 160 Å². The average molecular weight is 371 g/mol. The Morgan fingerprint density at radius 1 is 1.19 bits per heavy atom. The highest BCUT2D eigenvalue weighted by atomic mass is 16.5. The monoisotopic (exact) mass is 371 g/mol. The Hall–Kier alpha value is -2.34. The highest BCUT2D eigenvalue weighted by Gasteiger charge is 2.22. The van der Waals surface area contributed by atoms with Gasteiger partial charge in [-0.15, -0.1) is 0 Å². The molecule has 0 spiro atoms. The second kappa shape index (κ2) is 9.04. The molecule has 0 unspecified atom stereocenters. The Morgan fingerprint density at radius 2 is 2.00 bits per heavy atom. The van der Waals surface area contributed by atoms with E-state index in [1.807, 2.05) is 26.0 Å². The van der Waals surface area contributed by atoms with Gasteiger partial charge in [0.25, 0.3) is 5.56 Å². The Balaban J connectivity index is 1.82. The van der Waals surface area contributed by atoms with Crippen LogP contribution in [0.25, 0.3) is 0 Å². The summed E-state index contributed by atoms with van der Waals surface area (Å²) in [6, 6.07) is 6.03. The third-order valence-corrected chi connectivity index (χ3v) is 4.73. The van der Waals surface area contributed by atoms with Crippen LogP contribution in [0.4, 0.5) is 0 Å². The molecule has 0 amide bonds. The number of nitrogens with one attached hydrogen (secondary N) is 1. The van der Waals surface area contributed by atoms with Crippen molar-refractivity contribution < 1.29 is 9.47 Å². The molecular formula is C21H29N3O3. The van der Waals surface area contributed by atoms with Gasteiger partial charge in [-0.3, -0.25) is 9.69 Å². The number of benzene rings is 1. The molecule has 0 bridgehead atoms. The van der Waals surface area contributed by atoms with Crippen molar-refractivity contribution in [2.45, 2.75) is 53.1 Å². The molecule has 0 saturated heterocycles. The fourth-order valence-electron chi connectivity index (χ4n) is 3.54. The summed E-state index contributed by atoms with van der Waals surface area (Å²) in [6.07, 6.45) is 2.49. The summed E-state index contributed by atoms with van der Waals surface area (Å²) in [6.45, 7) is 9.50. The molecule has 0 saturated carbocycles. The summed E-state index contributed by atoms with van der Waals surface area (Å²) >= 11 is 0. The topological polar surface area (TPSA) is 67.5 Å². The Morgan fingerprint density at radius 3 is 2.74 bits per heavy atom. The number of aryl methyl sites for hydroxylation is 1. The van der Waals surface area contributed by atoms with Crippen LogP contribution in [-0.4, -0.2) is 34.6 Å². The number of para-hydroxylation sites is 1. The second-order valence-corrected chi connectivity index (χ2v) is 6.76. The predicted octanol–water partition coefficient (Wildman–Crippen LogP) is 3.08. The van der Waals surface area contributed by atoms with Gasteiger partial charge in [-0.2, -0.15) is 0 Å². The molecule has 2 heterocycles. The van der Waals surface area contributed by atoms with Crippen LogP contribution in [0.1, 0.15) is 49.8 Å². The number of aromatic nitrogens is 2. The molecule has 1 aliphatic heterocycles. The number of nitrogens with zero attached hydrogens (tertiary/aromatic N) is 2. The predicted molar refractivity (Wildman–Crippen MR) is 105 cm³/mol. The van der Waals surface area contributed by atoms with Gasteiger partial charge in [0, 0.05) is 37.2 Å². The zero-order valence-electron chi connectivity index (χ0n) is 16.5. The molecule has 27 heavy (non-hydrogen) atoms. The maximum atomic E-state index is 12.3. The molecule has 1 aliphatic rings. The first-order valence-electron chi connectivity index (χ1n) is 9.87. The van der Waals surface area contributed by atoms with Gasteiger partial charge in [0.05, 0.1) is 18.9 Å². The van der Waals surface area contributed by atoms with Crippen LogP contribution >= 0.6 is 0 Å². The van der Waals surface area contributed by atoms with E-state index in [-0.39, 0.29) is 5.56 Å². The summed E-state index contributed by atoms with van der Waals surface area (Å²) in [4.78, 5) is 22.3. The second-order valence-electron chi connectivity index (χ2n) is 6.76. The first-order valence-corrected chi connectivity index (χ1v) is 9.87. The fraction of sp³-hybridized carbons (Fsp3) is 0.524. The van der Waals surface area contributed by atoms with Crippen LogP contribution in [0.3, 0.4) is 0 Å². The first-order chi connectivity index (χ1) is 13.2. The SMILES string of the molecule is CCCc1nc2c(c(=O)[nH]1)CCN(Cc1cccc(OCC)c1OCC)C2. The largest absolute Gasteiger partial charge is 0.490 e. The van der Waals surface area contributed by atoms with Crippen molar-refractivity contribution in [2.75, 3.05) is 19.8 Å². The number of H-pyrrole nitrogens is 1. The van der Waals surface area contributed by atoms with Crippen molar-refractivity contribution in [3.05, 3.63) is 51.2 Å². The van der Waals surface area contributed by atoms with E-state index in [0.717, 1.165) is 66.5 Å². The van der Waals surface area contributed by atoms with Crippen LogP contribution in [0.2, 0.25) is 0 Å². The number of aromatic amines is 1. The van der Waals surface area contributed by atoms with Gasteiger partial charge in [0.2, 0.25) is 0 Å². The van der Waals surface area contributed by atoms with Crippen LogP contribution in [0.5, 0.6) is 11.5 Å². The fourth-order valence-corrected chi connectivity index (χ4v) is 3.54. The molecule has 6 heteroatoms. The molecule has 3 rings (SSSR count). The zero-order chi connectivity index (χ0) is 19.2. The lowest BCUT2D eigenvalue weighted by Gasteiger charge is -2.28. The van der Waals surface area contributed by atoms with Crippen molar-refractivity contribution >= 4 is 0 Å². The van der Waals surface area contributed by atoms with Crippen molar-refractivity contribution in [2.24, 2.45) is 0 Å². The number of hydrogen-bond donors (Lipinski definition) is 1. The number of fused-ring (bicyclic) bond motifs is 1. The van der Waals surface area contributed by atoms with Crippen molar-refractivity contribution in [1.29, 1.82) is 0 Å². The minimum Gasteiger partial charge on any atom is -0.490 e. The highest BCUT2D eigenvalue weighted by Crippen LogP contribution is 2.33. The molecule has 1 aromatic carbocycles. The summed E-state index contributed by atoms with van der Waals surface area (Å²) < 4.78 is 11.6. The van der Waals surface area contributed by atoms with Crippen molar-refractivity contribution in [3.63, 3.8) is 0 Å². The zero-order valence-corrected chi connectivity index (χ0v) is 16.5. The molecule has 146 valence electrons. The minimum atomic E-state index is 0.0245. The maximum Gasteiger partial charge on any atom is 0.254 e. The summed E-state index contributed by atoms with van der Waals surface area (Å²) in [7, 11) is 0. The number of ether oxygens (including phenoxy) is 2. The van der Waals surface area contributed by atoms with E-state index in [1.165, 1.54) is 0 Å². The van der Waals surface area contributed by atoms with E-state index in [0.29, 0.717) is 19.8 Å². The lowest BCUT2D eigenvalue weighted by molar-refractivity contribution is 0.230. The Bertz CT molecular complexity index is 832. The third-order valence-electron chi connectivity index (χ3n) is 4.73. The van der Waals surface area contributed by atoms with E-state index in [1.54, 1.807) is 0 Å². The highest BCUT2D eigenvalue weighted by molar-refractivity contribution is 5.46. The van der Waals surface area contributed by atoms with Gasteiger partial charge < -0.3 is 14.5 Å². The van der Waals surface area contributed by atoms with Gasteiger partial charge >= 0.3 is 0 Å². The van der Waals surface area contributed by atoms with Crippen LogP contribution in [0, 0.1) is 0 Å². The first kappa shape index (κ1) is 19.4. The molecule has 0 fully saturated rings. The quantitative estimate of drug-likeness (QED) is 0.772. The standard InChI is InChI=1S/C21H29N3O3/c1-4-8-19-22-17-14-24(12-11-16(17)21(25)23-19)13-15-9-7-10-18(26-5-2)20(15)27-6-3/h7,9-10H,4-6,8,11-14H2,1-3H3,(H,22,23,25). The molecule has 6 nitrogen and oxygen atoms in total. The van der Waals surface area contributed by atoms with E-state index >= 15 is 0 Å². The van der Waals surface area contributed by atoms with Crippen molar-refractivity contribution in [1.82, 2.24) is 14.9 Å². The van der Waals surface area contributed by atoms with Gasteiger partial charge in [0.15, 0.2) is 11.5 Å². The maximum absolute atomic E-state index is 12.3. The van der Waals surface area contributed by atoms with Gasteiger partial charge in [-0.1, -0.05) is 19.1 Å². The molecule has 0 aliphatic carbocycles. The molecule has 2 aromatic rings. The number of rotatable bonds is 8. The summed E-state index contributed by atoms with van der Waals surface area (Å²) in [5.74, 6) is 2.39. The van der Waals surface area contributed by atoms with Gasteiger partial charge in [-0.25, -0.2) is 4.98 Å². The van der Waals surface area contributed by atoms with Crippen molar-refractivity contribution in [3.8, 4) is 11.5 Å². The summed E-state index contributed by atoms with van der Waals surface area (Å²) in [5.41, 5.74) is 2.87.